The Labute approximate surface area is 129 Å². The Morgan fingerprint density at radius 1 is 1.38 bits per heavy atom. The number of hydrogen-bond acceptors (Lipinski definition) is 5. The minimum Gasteiger partial charge on any atom is -0.375 e. The van der Waals surface area contributed by atoms with E-state index in [1.165, 1.54) is 10.4 Å². The SMILES string of the molecule is CNCc1sc(N2CCOC(C)C2)nc1-c1ccccc1. The Bertz CT molecular complexity index is 584. The Hall–Kier alpha value is -1.43. The molecule has 1 unspecified atom stereocenters. The summed E-state index contributed by atoms with van der Waals surface area (Å²) in [5.41, 5.74) is 2.29. The van der Waals surface area contributed by atoms with Crippen molar-refractivity contribution in [2.45, 2.75) is 19.6 Å². The van der Waals surface area contributed by atoms with E-state index in [1.54, 1.807) is 11.3 Å². The molecule has 5 heteroatoms. The Morgan fingerprint density at radius 2 is 2.19 bits per heavy atom. The van der Waals surface area contributed by atoms with E-state index in [0.717, 1.165) is 37.1 Å². The number of nitrogens with zero attached hydrogens (tertiary/aromatic N) is 2. The molecule has 0 spiro atoms. The molecule has 1 aromatic carbocycles. The summed E-state index contributed by atoms with van der Waals surface area (Å²) < 4.78 is 5.62. The number of nitrogens with one attached hydrogen (secondary N) is 1. The van der Waals surface area contributed by atoms with Gasteiger partial charge in [-0.25, -0.2) is 4.98 Å². The van der Waals surface area contributed by atoms with Gasteiger partial charge in [0.2, 0.25) is 0 Å². The molecule has 0 saturated carbocycles. The number of anilines is 1. The summed E-state index contributed by atoms with van der Waals surface area (Å²) in [5.74, 6) is 0. The second-order valence-electron chi connectivity index (χ2n) is 5.29. The minimum atomic E-state index is 0.274. The van der Waals surface area contributed by atoms with Crippen molar-refractivity contribution >= 4 is 16.5 Å². The molecule has 0 aliphatic carbocycles. The second-order valence-corrected chi connectivity index (χ2v) is 6.35. The Morgan fingerprint density at radius 3 is 2.90 bits per heavy atom. The number of rotatable bonds is 4. The van der Waals surface area contributed by atoms with Crippen LogP contribution in [-0.2, 0) is 11.3 Å². The maximum Gasteiger partial charge on any atom is 0.186 e. The average molecular weight is 303 g/mol. The van der Waals surface area contributed by atoms with Crippen LogP contribution in [0.5, 0.6) is 0 Å². The van der Waals surface area contributed by atoms with Gasteiger partial charge in [0.1, 0.15) is 0 Å². The maximum absolute atomic E-state index is 5.62. The molecule has 2 aromatic rings. The van der Waals surface area contributed by atoms with Crippen molar-refractivity contribution in [1.29, 1.82) is 0 Å². The molecular formula is C16H21N3OS. The lowest BCUT2D eigenvalue weighted by atomic mass is 10.1. The Balaban J connectivity index is 1.92. The minimum absolute atomic E-state index is 0.274. The molecule has 21 heavy (non-hydrogen) atoms. The molecule has 1 saturated heterocycles. The number of morpholine rings is 1. The highest BCUT2D eigenvalue weighted by Gasteiger charge is 2.22. The molecule has 112 valence electrons. The van der Waals surface area contributed by atoms with Crippen LogP contribution >= 0.6 is 11.3 Å². The van der Waals surface area contributed by atoms with Gasteiger partial charge in [0.25, 0.3) is 0 Å². The molecule has 1 N–H and O–H groups in total. The number of benzene rings is 1. The van der Waals surface area contributed by atoms with Crippen LogP contribution in [0.1, 0.15) is 11.8 Å². The van der Waals surface area contributed by atoms with Crippen molar-refractivity contribution in [3.05, 3.63) is 35.2 Å². The molecule has 1 aliphatic rings. The van der Waals surface area contributed by atoms with Crippen molar-refractivity contribution < 1.29 is 4.74 Å². The van der Waals surface area contributed by atoms with Crippen LogP contribution in [0, 0.1) is 0 Å². The molecule has 0 amide bonds. The summed E-state index contributed by atoms with van der Waals surface area (Å²) in [6.07, 6.45) is 0.274. The smallest absolute Gasteiger partial charge is 0.186 e. The van der Waals surface area contributed by atoms with Crippen molar-refractivity contribution in [2.24, 2.45) is 0 Å². The van der Waals surface area contributed by atoms with Crippen molar-refractivity contribution in [3.63, 3.8) is 0 Å². The van der Waals surface area contributed by atoms with Crippen LogP contribution in [-0.4, -0.2) is 37.8 Å². The monoisotopic (exact) mass is 303 g/mol. The summed E-state index contributed by atoms with van der Waals surface area (Å²) in [4.78, 5) is 8.53. The molecule has 1 aliphatic heterocycles. The first-order valence-electron chi connectivity index (χ1n) is 7.34. The van der Waals surface area contributed by atoms with Gasteiger partial charge in [-0.1, -0.05) is 41.7 Å². The van der Waals surface area contributed by atoms with E-state index in [0.29, 0.717) is 0 Å². The van der Waals surface area contributed by atoms with Crippen LogP contribution in [0.15, 0.2) is 30.3 Å². The first kappa shape index (κ1) is 14.5. The largest absolute Gasteiger partial charge is 0.375 e. The first-order valence-corrected chi connectivity index (χ1v) is 8.16. The second kappa shape index (κ2) is 6.56. The standard InChI is InChI=1S/C16H21N3OS/c1-12-11-19(8-9-20-12)16-18-15(14(21-16)10-17-2)13-6-4-3-5-7-13/h3-7,12,17H,8-11H2,1-2H3. The summed E-state index contributed by atoms with van der Waals surface area (Å²) >= 11 is 1.78. The zero-order valence-electron chi connectivity index (χ0n) is 12.5. The predicted molar refractivity (Wildman–Crippen MR) is 87.9 cm³/mol. The zero-order chi connectivity index (χ0) is 14.7. The van der Waals surface area contributed by atoms with Crippen molar-refractivity contribution in [2.75, 3.05) is 31.6 Å². The van der Waals surface area contributed by atoms with Crippen LogP contribution in [0.3, 0.4) is 0 Å². The lowest BCUT2D eigenvalue weighted by molar-refractivity contribution is 0.0532. The molecule has 0 bridgehead atoms. The van der Waals surface area contributed by atoms with Gasteiger partial charge in [-0.2, -0.15) is 0 Å². The van der Waals surface area contributed by atoms with Crippen LogP contribution < -0.4 is 10.2 Å². The van der Waals surface area contributed by atoms with E-state index in [9.17, 15) is 0 Å². The lowest BCUT2D eigenvalue weighted by Crippen LogP contribution is -2.41. The third-order valence-corrected chi connectivity index (χ3v) is 4.70. The van der Waals surface area contributed by atoms with Crippen LogP contribution in [0.2, 0.25) is 0 Å². The fourth-order valence-electron chi connectivity index (χ4n) is 2.57. The Kier molecular flexibility index (Phi) is 4.53. The summed E-state index contributed by atoms with van der Waals surface area (Å²) in [6.45, 7) is 5.59. The molecular weight excluding hydrogens is 282 g/mol. The van der Waals surface area contributed by atoms with Crippen molar-refractivity contribution in [3.8, 4) is 11.3 Å². The van der Waals surface area contributed by atoms with Gasteiger partial charge in [0.05, 0.1) is 18.4 Å². The van der Waals surface area contributed by atoms with E-state index < -0.39 is 0 Å². The highest BCUT2D eigenvalue weighted by molar-refractivity contribution is 7.16. The highest BCUT2D eigenvalue weighted by atomic mass is 32.1. The van der Waals surface area contributed by atoms with Gasteiger partial charge in [0, 0.05) is 30.1 Å². The molecule has 1 aromatic heterocycles. The molecule has 1 atom stereocenters. The zero-order valence-corrected chi connectivity index (χ0v) is 13.3. The van der Waals surface area contributed by atoms with Gasteiger partial charge in [-0.05, 0) is 14.0 Å². The van der Waals surface area contributed by atoms with E-state index in [-0.39, 0.29) is 6.10 Å². The van der Waals surface area contributed by atoms with Crippen LogP contribution in [0.25, 0.3) is 11.3 Å². The first-order chi connectivity index (χ1) is 10.3. The van der Waals surface area contributed by atoms with E-state index >= 15 is 0 Å². The average Bonchev–Trinajstić information content (AvgIpc) is 2.93. The molecule has 2 heterocycles. The highest BCUT2D eigenvalue weighted by Crippen LogP contribution is 2.33. The number of ether oxygens (including phenoxy) is 1. The maximum atomic E-state index is 5.62. The molecule has 3 rings (SSSR count). The fourth-order valence-corrected chi connectivity index (χ4v) is 3.70. The van der Waals surface area contributed by atoms with E-state index in [1.807, 2.05) is 13.1 Å². The number of thiazole rings is 1. The topological polar surface area (TPSA) is 37.4 Å². The third kappa shape index (κ3) is 3.26. The molecule has 4 nitrogen and oxygen atoms in total. The van der Waals surface area contributed by atoms with Crippen molar-refractivity contribution in [1.82, 2.24) is 10.3 Å². The lowest BCUT2D eigenvalue weighted by Gasteiger charge is -2.30. The summed E-state index contributed by atoms with van der Waals surface area (Å²) in [7, 11) is 1.98. The summed E-state index contributed by atoms with van der Waals surface area (Å²) in [6, 6.07) is 10.4. The van der Waals surface area contributed by atoms with E-state index in [2.05, 4.69) is 41.4 Å². The van der Waals surface area contributed by atoms with Crippen LogP contribution in [0.4, 0.5) is 5.13 Å². The fraction of sp³-hybridized carbons (Fsp3) is 0.438. The van der Waals surface area contributed by atoms with Gasteiger partial charge < -0.3 is 15.0 Å². The predicted octanol–water partition coefficient (Wildman–Crippen LogP) is 2.75. The normalized spacial score (nSPS) is 19.0. The van der Waals surface area contributed by atoms with Gasteiger partial charge in [-0.3, -0.25) is 0 Å². The van der Waals surface area contributed by atoms with Gasteiger partial charge in [-0.15, -0.1) is 0 Å². The third-order valence-electron chi connectivity index (χ3n) is 3.58. The van der Waals surface area contributed by atoms with Gasteiger partial charge in [0.15, 0.2) is 5.13 Å². The number of hydrogen-bond donors (Lipinski definition) is 1. The quantitative estimate of drug-likeness (QED) is 0.942. The van der Waals surface area contributed by atoms with Gasteiger partial charge >= 0.3 is 0 Å². The molecule has 0 radical (unpaired) electrons. The molecule has 1 fully saturated rings. The van der Waals surface area contributed by atoms with E-state index in [4.69, 9.17) is 9.72 Å². The summed E-state index contributed by atoms with van der Waals surface area (Å²) in [5, 5.41) is 4.35. The number of aromatic nitrogens is 1.